The van der Waals surface area contributed by atoms with Gasteiger partial charge in [-0.15, -0.1) is 5.10 Å². The van der Waals surface area contributed by atoms with E-state index >= 15 is 0 Å². The average molecular weight is 332 g/mol. The number of amides is 1. The number of hydrogen-bond donors (Lipinski definition) is 3. The lowest BCUT2D eigenvalue weighted by Crippen LogP contribution is -2.46. The molecule has 1 atom stereocenters. The zero-order chi connectivity index (χ0) is 17.1. The van der Waals surface area contributed by atoms with Crippen molar-refractivity contribution >= 4 is 5.91 Å². The molecule has 1 amide bonds. The zero-order valence-electron chi connectivity index (χ0n) is 13.2. The number of nitrogens with zero attached hydrogens (tertiary/aromatic N) is 3. The summed E-state index contributed by atoms with van der Waals surface area (Å²) in [4.78, 5) is 11.9. The minimum Gasteiger partial charge on any atom is -0.349 e. The number of hydrogen-bond acceptors (Lipinski definition) is 5. The zero-order valence-corrected chi connectivity index (χ0v) is 13.2. The van der Waals surface area contributed by atoms with Gasteiger partial charge in [0.25, 0.3) is 5.91 Å². The summed E-state index contributed by atoms with van der Waals surface area (Å²) >= 11 is 0. The normalized spacial score (nSPS) is 21.1. The van der Waals surface area contributed by atoms with Gasteiger partial charge < -0.3 is 16.8 Å². The van der Waals surface area contributed by atoms with E-state index < -0.39 is 12.1 Å². The first kappa shape index (κ1) is 16.5. The number of aromatic nitrogens is 3. The van der Waals surface area contributed by atoms with Crippen LogP contribution in [0.2, 0.25) is 0 Å². The number of nitrogens with one attached hydrogen (secondary N) is 1. The molecule has 0 radical (unpaired) electrons. The van der Waals surface area contributed by atoms with Gasteiger partial charge in [-0.25, -0.2) is 9.07 Å². The van der Waals surface area contributed by atoms with E-state index in [1.807, 2.05) is 24.3 Å². The molecular formula is C16H21FN6O. The minimum atomic E-state index is -1.49. The first-order chi connectivity index (χ1) is 11.6. The monoisotopic (exact) mass is 332 g/mol. The van der Waals surface area contributed by atoms with Crippen LogP contribution in [0.15, 0.2) is 30.5 Å². The first-order valence-corrected chi connectivity index (χ1v) is 7.95. The Bertz CT molecular complexity index is 712. The Morgan fingerprint density at radius 2 is 2.25 bits per heavy atom. The van der Waals surface area contributed by atoms with Crippen LogP contribution in [-0.4, -0.2) is 33.1 Å². The Hall–Kier alpha value is -2.32. The molecule has 1 aliphatic carbocycles. The Labute approximate surface area is 139 Å². The molecule has 0 bridgehead atoms. The van der Waals surface area contributed by atoms with E-state index in [0.717, 1.165) is 11.3 Å². The van der Waals surface area contributed by atoms with Gasteiger partial charge in [-0.05, 0) is 30.5 Å². The van der Waals surface area contributed by atoms with Gasteiger partial charge in [0.1, 0.15) is 0 Å². The Balaban J connectivity index is 1.59. The SMILES string of the molecule is NCc1cn(-c2cccc(CNC(=O)C(F)C3CC(N)C3)c2)nn1. The van der Waals surface area contributed by atoms with Gasteiger partial charge in [0, 0.05) is 25.0 Å². The summed E-state index contributed by atoms with van der Waals surface area (Å²) in [5.74, 6) is -0.834. The number of alkyl halides is 1. The van der Waals surface area contributed by atoms with Crippen LogP contribution < -0.4 is 16.8 Å². The van der Waals surface area contributed by atoms with E-state index in [9.17, 15) is 9.18 Å². The Kier molecular flexibility index (Phi) is 4.86. The van der Waals surface area contributed by atoms with Crippen molar-refractivity contribution in [1.82, 2.24) is 20.3 Å². The van der Waals surface area contributed by atoms with Crippen molar-refractivity contribution in [3.8, 4) is 5.69 Å². The molecule has 24 heavy (non-hydrogen) atoms. The molecule has 1 saturated carbocycles. The van der Waals surface area contributed by atoms with Gasteiger partial charge in [-0.2, -0.15) is 0 Å². The first-order valence-electron chi connectivity index (χ1n) is 7.95. The molecule has 1 aromatic carbocycles. The molecule has 1 heterocycles. The van der Waals surface area contributed by atoms with Crippen LogP contribution in [0.5, 0.6) is 0 Å². The third kappa shape index (κ3) is 3.60. The number of benzene rings is 1. The van der Waals surface area contributed by atoms with Gasteiger partial charge in [-0.1, -0.05) is 17.3 Å². The van der Waals surface area contributed by atoms with Gasteiger partial charge in [0.05, 0.1) is 17.6 Å². The molecule has 7 nitrogen and oxygen atoms in total. The molecule has 8 heteroatoms. The van der Waals surface area contributed by atoms with E-state index in [0.29, 0.717) is 25.1 Å². The fraction of sp³-hybridized carbons (Fsp3) is 0.438. The fourth-order valence-electron chi connectivity index (χ4n) is 2.78. The molecule has 0 saturated heterocycles. The van der Waals surface area contributed by atoms with Crippen LogP contribution in [0, 0.1) is 5.92 Å². The maximum Gasteiger partial charge on any atom is 0.255 e. The summed E-state index contributed by atoms with van der Waals surface area (Å²) in [6, 6.07) is 7.46. The summed E-state index contributed by atoms with van der Waals surface area (Å²) < 4.78 is 15.6. The third-order valence-corrected chi connectivity index (χ3v) is 4.27. The molecule has 1 aromatic heterocycles. The summed E-state index contributed by atoms with van der Waals surface area (Å²) in [7, 11) is 0. The second kappa shape index (κ2) is 7.06. The highest BCUT2D eigenvalue weighted by Crippen LogP contribution is 2.30. The van der Waals surface area contributed by atoms with Gasteiger partial charge in [0.2, 0.25) is 0 Å². The lowest BCUT2D eigenvalue weighted by molar-refractivity contribution is -0.129. The summed E-state index contributed by atoms with van der Waals surface area (Å²) in [6.07, 6.45) is 1.39. The van der Waals surface area contributed by atoms with Crippen molar-refractivity contribution in [2.75, 3.05) is 0 Å². The van der Waals surface area contributed by atoms with E-state index in [1.165, 1.54) is 0 Å². The van der Waals surface area contributed by atoms with Crippen LogP contribution in [0.3, 0.4) is 0 Å². The van der Waals surface area contributed by atoms with E-state index in [-0.39, 0.29) is 18.5 Å². The molecule has 2 aromatic rings. The van der Waals surface area contributed by atoms with Crippen LogP contribution >= 0.6 is 0 Å². The second-order valence-electron chi connectivity index (χ2n) is 6.14. The van der Waals surface area contributed by atoms with Crippen LogP contribution in [0.1, 0.15) is 24.1 Å². The summed E-state index contributed by atoms with van der Waals surface area (Å²) in [6.45, 7) is 0.572. The quantitative estimate of drug-likeness (QED) is 0.710. The highest BCUT2D eigenvalue weighted by Gasteiger charge is 2.37. The maximum absolute atomic E-state index is 14.0. The second-order valence-corrected chi connectivity index (χ2v) is 6.14. The largest absolute Gasteiger partial charge is 0.349 e. The number of rotatable bonds is 6. The topological polar surface area (TPSA) is 112 Å². The highest BCUT2D eigenvalue weighted by molar-refractivity contribution is 5.81. The van der Waals surface area contributed by atoms with E-state index in [1.54, 1.807) is 10.9 Å². The predicted molar refractivity (Wildman–Crippen MR) is 86.7 cm³/mol. The number of carbonyl (C=O) groups excluding carboxylic acids is 1. The lowest BCUT2D eigenvalue weighted by atomic mass is 9.77. The van der Waals surface area contributed by atoms with Crippen molar-refractivity contribution in [2.45, 2.75) is 38.1 Å². The van der Waals surface area contributed by atoms with Crippen molar-refractivity contribution in [1.29, 1.82) is 0 Å². The number of halogens is 1. The van der Waals surface area contributed by atoms with Crippen LogP contribution in [0.4, 0.5) is 4.39 Å². The lowest BCUT2D eigenvalue weighted by Gasteiger charge is -2.33. The third-order valence-electron chi connectivity index (χ3n) is 4.27. The molecule has 1 fully saturated rings. The van der Waals surface area contributed by atoms with Gasteiger partial charge in [0.15, 0.2) is 6.17 Å². The maximum atomic E-state index is 14.0. The minimum absolute atomic E-state index is 0.0267. The number of nitrogens with two attached hydrogens (primary N) is 2. The predicted octanol–water partition coefficient (Wildman–Crippen LogP) is 0.418. The van der Waals surface area contributed by atoms with Gasteiger partial charge >= 0.3 is 0 Å². The smallest absolute Gasteiger partial charge is 0.255 e. The summed E-state index contributed by atoms with van der Waals surface area (Å²) in [5, 5.41) is 10.6. The van der Waals surface area contributed by atoms with Crippen molar-refractivity contribution in [3.63, 3.8) is 0 Å². The Morgan fingerprint density at radius 3 is 2.92 bits per heavy atom. The standard InChI is InChI=1S/C16H21FN6O/c17-15(11-5-12(19)6-11)16(24)20-8-10-2-1-3-14(4-10)23-9-13(7-18)21-22-23/h1-4,9,11-12,15H,5-8,18-19H2,(H,20,24). The van der Waals surface area contributed by atoms with E-state index in [2.05, 4.69) is 15.6 Å². The van der Waals surface area contributed by atoms with E-state index in [4.69, 9.17) is 11.5 Å². The molecule has 128 valence electrons. The van der Waals surface area contributed by atoms with Gasteiger partial charge in [-0.3, -0.25) is 4.79 Å². The molecule has 1 aliphatic rings. The number of carbonyl (C=O) groups is 1. The molecule has 3 rings (SSSR count). The molecule has 1 unspecified atom stereocenters. The molecule has 0 spiro atoms. The fourth-order valence-corrected chi connectivity index (χ4v) is 2.78. The van der Waals surface area contributed by atoms with Crippen LogP contribution in [0.25, 0.3) is 5.69 Å². The van der Waals surface area contributed by atoms with Crippen molar-refractivity contribution < 1.29 is 9.18 Å². The summed E-state index contributed by atoms with van der Waals surface area (Å²) in [5.41, 5.74) is 13.5. The average Bonchev–Trinajstić information content (AvgIpc) is 3.05. The van der Waals surface area contributed by atoms with Crippen molar-refractivity contribution in [3.05, 3.63) is 41.7 Å². The molecule has 5 N–H and O–H groups in total. The highest BCUT2D eigenvalue weighted by atomic mass is 19.1. The van der Waals surface area contributed by atoms with Crippen LogP contribution in [-0.2, 0) is 17.9 Å². The van der Waals surface area contributed by atoms with Crippen molar-refractivity contribution in [2.24, 2.45) is 17.4 Å². The molecular weight excluding hydrogens is 311 g/mol. The molecule has 0 aliphatic heterocycles. The Morgan fingerprint density at radius 1 is 1.46 bits per heavy atom.